The molecule has 21 heavy (non-hydrogen) atoms. The number of rotatable bonds is 3. The summed E-state index contributed by atoms with van der Waals surface area (Å²) in [5.74, 6) is 0.914. The number of H-pyrrole nitrogens is 1. The fourth-order valence-electron chi connectivity index (χ4n) is 2.59. The van der Waals surface area contributed by atoms with Gasteiger partial charge in [0, 0.05) is 12.7 Å². The fraction of sp³-hybridized carbons (Fsp3) is 0.0588. The molecule has 0 spiro atoms. The smallest absolute Gasteiger partial charge is 0.159 e. The van der Waals surface area contributed by atoms with Crippen LogP contribution in [0.5, 0.6) is 0 Å². The molecule has 0 aliphatic heterocycles. The van der Waals surface area contributed by atoms with Crippen molar-refractivity contribution in [2.75, 3.05) is 0 Å². The first kappa shape index (κ1) is 11.9. The molecule has 0 bridgehead atoms. The molecular formula is C17H14N4. The Bertz CT molecular complexity index is 860. The van der Waals surface area contributed by atoms with Crippen LogP contribution in [-0.4, -0.2) is 19.7 Å². The monoisotopic (exact) mass is 274 g/mol. The van der Waals surface area contributed by atoms with Gasteiger partial charge in [0.15, 0.2) is 5.82 Å². The minimum Gasteiger partial charge on any atom is -0.318 e. The van der Waals surface area contributed by atoms with E-state index >= 15 is 0 Å². The maximum atomic E-state index is 4.74. The Morgan fingerprint density at radius 2 is 1.71 bits per heavy atom. The van der Waals surface area contributed by atoms with Gasteiger partial charge in [-0.1, -0.05) is 42.5 Å². The third kappa shape index (κ3) is 2.10. The second kappa shape index (κ2) is 4.90. The summed E-state index contributed by atoms with van der Waals surface area (Å²) in [5.41, 5.74) is 4.31. The first-order valence-corrected chi connectivity index (χ1v) is 6.91. The molecule has 0 saturated heterocycles. The van der Waals surface area contributed by atoms with Gasteiger partial charge in [0.05, 0.1) is 11.0 Å². The predicted molar refractivity (Wildman–Crippen MR) is 82.9 cm³/mol. The summed E-state index contributed by atoms with van der Waals surface area (Å²) in [6.45, 7) is 0.787. The van der Waals surface area contributed by atoms with E-state index < -0.39 is 0 Å². The number of nitrogens with zero attached hydrogens (tertiary/aromatic N) is 3. The van der Waals surface area contributed by atoms with Crippen molar-refractivity contribution in [3.63, 3.8) is 0 Å². The molecule has 2 heterocycles. The molecule has 102 valence electrons. The Balaban J connectivity index is 1.91. The van der Waals surface area contributed by atoms with Crippen LogP contribution in [0.4, 0.5) is 0 Å². The van der Waals surface area contributed by atoms with Crippen LogP contribution in [0.15, 0.2) is 66.9 Å². The normalized spacial score (nSPS) is 11.0. The highest BCUT2D eigenvalue weighted by Gasteiger charge is 2.13. The first-order valence-electron chi connectivity index (χ1n) is 6.91. The fourth-order valence-corrected chi connectivity index (χ4v) is 2.59. The van der Waals surface area contributed by atoms with Crippen LogP contribution < -0.4 is 0 Å². The molecule has 2 aromatic heterocycles. The molecule has 0 aliphatic rings. The lowest BCUT2D eigenvalue weighted by Crippen LogP contribution is -2.02. The largest absolute Gasteiger partial charge is 0.318 e. The van der Waals surface area contributed by atoms with Crippen molar-refractivity contribution in [2.45, 2.75) is 6.54 Å². The van der Waals surface area contributed by atoms with Gasteiger partial charge in [-0.05, 0) is 23.8 Å². The number of aromatic nitrogens is 4. The number of benzene rings is 2. The molecule has 0 fully saturated rings. The summed E-state index contributed by atoms with van der Waals surface area (Å²) in [5, 5.41) is 7.05. The highest BCUT2D eigenvalue weighted by molar-refractivity contribution is 5.80. The average Bonchev–Trinajstić information content (AvgIpc) is 3.16. The van der Waals surface area contributed by atoms with E-state index in [0.717, 1.165) is 29.1 Å². The molecule has 0 aliphatic carbocycles. The number of para-hydroxylation sites is 2. The minimum absolute atomic E-state index is 0.787. The van der Waals surface area contributed by atoms with Crippen LogP contribution in [0.1, 0.15) is 5.56 Å². The molecular weight excluding hydrogens is 260 g/mol. The maximum absolute atomic E-state index is 4.74. The summed E-state index contributed by atoms with van der Waals surface area (Å²) < 4.78 is 2.22. The molecule has 0 atom stereocenters. The van der Waals surface area contributed by atoms with Crippen molar-refractivity contribution >= 4 is 11.0 Å². The highest BCUT2D eigenvalue weighted by Crippen LogP contribution is 2.24. The van der Waals surface area contributed by atoms with Gasteiger partial charge in [0.1, 0.15) is 5.69 Å². The molecule has 2 aromatic carbocycles. The van der Waals surface area contributed by atoms with E-state index in [-0.39, 0.29) is 0 Å². The van der Waals surface area contributed by atoms with Crippen LogP contribution >= 0.6 is 0 Å². The standard InChI is InChI=1S/C17H14N4/c1-2-6-13(7-3-1)12-21-16-9-5-4-8-14(16)19-17(21)15-10-11-18-20-15/h1-11H,12H2,(H,18,20). The van der Waals surface area contributed by atoms with Gasteiger partial charge in [-0.3, -0.25) is 5.10 Å². The Kier molecular flexibility index (Phi) is 2.78. The zero-order valence-electron chi connectivity index (χ0n) is 11.4. The lowest BCUT2D eigenvalue weighted by molar-refractivity contribution is 0.829. The van der Waals surface area contributed by atoms with E-state index in [1.165, 1.54) is 5.56 Å². The summed E-state index contributed by atoms with van der Waals surface area (Å²) in [6.07, 6.45) is 1.75. The lowest BCUT2D eigenvalue weighted by atomic mass is 10.2. The van der Waals surface area contributed by atoms with E-state index in [0.29, 0.717) is 0 Å². The van der Waals surface area contributed by atoms with E-state index in [1.54, 1.807) is 6.20 Å². The Labute approximate surface area is 122 Å². The molecule has 0 amide bonds. The summed E-state index contributed by atoms with van der Waals surface area (Å²) >= 11 is 0. The number of hydrogen-bond acceptors (Lipinski definition) is 2. The summed E-state index contributed by atoms with van der Waals surface area (Å²) in [7, 11) is 0. The Hall–Kier alpha value is -2.88. The number of nitrogens with one attached hydrogen (secondary N) is 1. The lowest BCUT2D eigenvalue weighted by Gasteiger charge is -2.08. The molecule has 4 rings (SSSR count). The third-order valence-corrected chi connectivity index (χ3v) is 3.58. The van der Waals surface area contributed by atoms with Crippen LogP contribution in [0.25, 0.3) is 22.6 Å². The van der Waals surface area contributed by atoms with Gasteiger partial charge < -0.3 is 4.57 Å². The second-order valence-corrected chi connectivity index (χ2v) is 4.97. The zero-order valence-corrected chi connectivity index (χ0v) is 11.4. The third-order valence-electron chi connectivity index (χ3n) is 3.58. The van der Waals surface area contributed by atoms with Crippen molar-refractivity contribution in [1.29, 1.82) is 0 Å². The van der Waals surface area contributed by atoms with Crippen molar-refractivity contribution in [3.05, 3.63) is 72.4 Å². The van der Waals surface area contributed by atoms with Crippen LogP contribution in [0, 0.1) is 0 Å². The highest BCUT2D eigenvalue weighted by atomic mass is 15.2. The minimum atomic E-state index is 0.787. The van der Waals surface area contributed by atoms with Crippen LogP contribution in [0.2, 0.25) is 0 Å². The summed E-state index contributed by atoms with van der Waals surface area (Å²) in [6, 6.07) is 20.6. The van der Waals surface area contributed by atoms with Gasteiger partial charge in [0.2, 0.25) is 0 Å². The number of aromatic amines is 1. The number of imidazole rings is 1. The van der Waals surface area contributed by atoms with Crippen molar-refractivity contribution in [3.8, 4) is 11.5 Å². The number of hydrogen-bond donors (Lipinski definition) is 1. The SMILES string of the molecule is c1ccc(Cn2c(-c3ccn[nH]3)nc3ccccc32)cc1. The van der Waals surface area contributed by atoms with Crippen molar-refractivity contribution in [1.82, 2.24) is 19.7 Å². The van der Waals surface area contributed by atoms with Gasteiger partial charge >= 0.3 is 0 Å². The Morgan fingerprint density at radius 1 is 0.905 bits per heavy atom. The average molecular weight is 274 g/mol. The van der Waals surface area contributed by atoms with Gasteiger partial charge in [-0.15, -0.1) is 0 Å². The van der Waals surface area contributed by atoms with E-state index in [1.807, 2.05) is 30.3 Å². The van der Waals surface area contributed by atoms with E-state index in [2.05, 4.69) is 45.1 Å². The van der Waals surface area contributed by atoms with Gasteiger partial charge in [-0.25, -0.2) is 4.98 Å². The van der Waals surface area contributed by atoms with Crippen LogP contribution in [-0.2, 0) is 6.54 Å². The molecule has 4 heteroatoms. The maximum Gasteiger partial charge on any atom is 0.159 e. The molecule has 4 nitrogen and oxygen atoms in total. The quantitative estimate of drug-likeness (QED) is 0.621. The molecule has 4 aromatic rings. The predicted octanol–water partition coefficient (Wildman–Crippen LogP) is 3.47. The van der Waals surface area contributed by atoms with Crippen LogP contribution in [0.3, 0.4) is 0 Å². The molecule has 0 radical (unpaired) electrons. The summed E-state index contributed by atoms with van der Waals surface area (Å²) in [4.78, 5) is 4.74. The number of fused-ring (bicyclic) bond motifs is 1. The Morgan fingerprint density at radius 3 is 2.52 bits per heavy atom. The zero-order chi connectivity index (χ0) is 14.1. The van der Waals surface area contributed by atoms with E-state index in [9.17, 15) is 0 Å². The van der Waals surface area contributed by atoms with Crippen molar-refractivity contribution < 1.29 is 0 Å². The van der Waals surface area contributed by atoms with Crippen molar-refractivity contribution in [2.24, 2.45) is 0 Å². The second-order valence-electron chi connectivity index (χ2n) is 4.97. The molecule has 0 unspecified atom stereocenters. The molecule has 1 N–H and O–H groups in total. The van der Waals surface area contributed by atoms with Gasteiger partial charge in [-0.2, -0.15) is 5.10 Å². The molecule has 0 saturated carbocycles. The van der Waals surface area contributed by atoms with Gasteiger partial charge in [0.25, 0.3) is 0 Å². The van der Waals surface area contributed by atoms with E-state index in [4.69, 9.17) is 4.98 Å². The topological polar surface area (TPSA) is 46.5 Å². The first-order chi connectivity index (χ1) is 10.4.